The van der Waals surface area contributed by atoms with Crippen LogP contribution in [0, 0.1) is 40.4 Å². The lowest BCUT2D eigenvalue weighted by molar-refractivity contribution is -0.206. The molecule has 0 aliphatic heterocycles. The standard InChI is InChI=1S/C22H36N2O3/c1-13(23-26)17-7-8-18-16-6-5-14-11-15(24-27)9-10-20(14,2)19(16)22(4,25)12-21(17,18)3/h14,16-19,25-27H,5-12H2,1-4H3/b23-13+,24-15-/t14-,16-,17+,18-,19-,20-,21+,22+/m0/s1. The van der Waals surface area contributed by atoms with Crippen LogP contribution >= 0.6 is 0 Å². The van der Waals surface area contributed by atoms with Crippen molar-refractivity contribution in [2.45, 2.75) is 84.7 Å². The molecule has 0 aromatic rings. The van der Waals surface area contributed by atoms with Crippen molar-refractivity contribution in [3.8, 4) is 0 Å². The van der Waals surface area contributed by atoms with Gasteiger partial charge in [-0.25, -0.2) is 0 Å². The summed E-state index contributed by atoms with van der Waals surface area (Å²) in [5.74, 6) is 2.20. The van der Waals surface area contributed by atoms with E-state index in [0.29, 0.717) is 23.7 Å². The molecule has 4 saturated carbocycles. The number of fused-ring (bicyclic) bond motifs is 5. The van der Waals surface area contributed by atoms with E-state index in [2.05, 4.69) is 31.1 Å². The number of hydrogen-bond acceptors (Lipinski definition) is 5. The van der Waals surface area contributed by atoms with Crippen molar-refractivity contribution in [3.63, 3.8) is 0 Å². The molecular formula is C22H36N2O3. The van der Waals surface area contributed by atoms with Gasteiger partial charge in [0, 0.05) is 5.92 Å². The first-order chi connectivity index (χ1) is 12.7. The first-order valence-electron chi connectivity index (χ1n) is 10.8. The van der Waals surface area contributed by atoms with Crippen LogP contribution in [0.1, 0.15) is 79.1 Å². The molecule has 5 nitrogen and oxygen atoms in total. The lowest BCUT2D eigenvalue weighted by Gasteiger charge is -2.65. The van der Waals surface area contributed by atoms with E-state index in [-0.39, 0.29) is 16.7 Å². The minimum Gasteiger partial charge on any atom is -0.411 e. The summed E-state index contributed by atoms with van der Waals surface area (Å²) in [6.45, 7) is 8.73. The minimum atomic E-state index is -0.713. The predicted molar refractivity (Wildman–Crippen MR) is 105 cm³/mol. The quantitative estimate of drug-likeness (QED) is 0.353. The third-order valence-corrected chi connectivity index (χ3v) is 9.49. The fourth-order valence-corrected chi connectivity index (χ4v) is 8.68. The first kappa shape index (κ1) is 19.2. The maximum absolute atomic E-state index is 11.8. The monoisotopic (exact) mass is 376 g/mol. The Morgan fingerprint density at radius 1 is 1.04 bits per heavy atom. The highest BCUT2D eigenvalue weighted by atomic mass is 16.4. The summed E-state index contributed by atoms with van der Waals surface area (Å²) in [6.07, 6.45) is 8.09. The minimum absolute atomic E-state index is 0.0105. The average Bonchev–Trinajstić information content (AvgIpc) is 2.95. The van der Waals surface area contributed by atoms with Crippen molar-refractivity contribution >= 4 is 11.4 Å². The zero-order valence-electron chi connectivity index (χ0n) is 17.3. The number of rotatable bonds is 1. The molecule has 4 fully saturated rings. The summed E-state index contributed by atoms with van der Waals surface area (Å²) in [5.41, 5.74) is 1.18. The van der Waals surface area contributed by atoms with Gasteiger partial charge in [-0.3, -0.25) is 0 Å². The molecule has 0 unspecified atom stereocenters. The van der Waals surface area contributed by atoms with E-state index in [1.54, 1.807) is 0 Å². The molecule has 0 saturated heterocycles. The van der Waals surface area contributed by atoms with Gasteiger partial charge in [-0.1, -0.05) is 24.2 Å². The summed E-state index contributed by atoms with van der Waals surface area (Å²) in [4.78, 5) is 0. The molecule has 0 bridgehead atoms. The Hall–Kier alpha value is -1.10. The predicted octanol–water partition coefficient (Wildman–Crippen LogP) is 4.69. The van der Waals surface area contributed by atoms with Gasteiger partial charge >= 0.3 is 0 Å². The van der Waals surface area contributed by atoms with E-state index in [0.717, 1.165) is 56.4 Å². The van der Waals surface area contributed by atoms with Gasteiger partial charge in [0.05, 0.1) is 17.0 Å². The Balaban J connectivity index is 1.71. The van der Waals surface area contributed by atoms with Gasteiger partial charge in [-0.2, -0.15) is 0 Å². The topological polar surface area (TPSA) is 85.4 Å². The van der Waals surface area contributed by atoms with Gasteiger partial charge in [-0.05, 0) is 99.7 Å². The third kappa shape index (κ3) is 2.60. The van der Waals surface area contributed by atoms with Crippen molar-refractivity contribution in [2.75, 3.05) is 0 Å². The highest BCUT2D eigenvalue weighted by Gasteiger charge is 2.66. The van der Waals surface area contributed by atoms with Crippen LogP contribution in [-0.2, 0) is 0 Å². The van der Waals surface area contributed by atoms with E-state index >= 15 is 0 Å². The van der Waals surface area contributed by atoms with Crippen LogP contribution in [-0.4, -0.2) is 32.5 Å². The summed E-state index contributed by atoms with van der Waals surface area (Å²) < 4.78 is 0. The molecule has 0 aromatic heterocycles. The Morgan fingerprint density at radius 2 is 1.78 bits per heavy atom. The van der Waals surface area contributed by atoms with Crippen LogP contribution in [0.2, 0.25) is 0 Å². The highest BCUT2D eigenvalue weighted by molar-refractivity contribution is 5.85. The maximum Gasteiger partial charge on any atom is 0.0661 e. The van der Waals surface area contributed by atoms with Crippen LogP contribution in [0.25, 0.3) is 0 Å². The third-order valence-electron chi connectivity index (χ3n) is 9.49. The molecule has 0 amide bonds. The molecule has 4 aliphatic carbocycles. The molecular weight excluding hydrogens is 340 g/mol. The lowest BCUT2D eigenvalue weighted by atomic mass is 9.41. The summed E-state index contributed by atoms with van der Waals surface area (Å²) >= 11 is 0. The van der Waals surface area contributed by atoms with Crippen molar-refractivity contribution in [1.82, 2.24) is 0 Å². The fourth-order valence-electron chi connectivity index (χ4n) is 8.68. The van der Waals surface area contributed by atoms with Crippen LogP contribution in [0.5, 0.6) is 0 Å². The maximum atomic E-state index is 11.8. The highest BCUT2D eigenvalue weighted by Crippen LogP contribution is 2.69. The zero-order valence-corrected chi connectivity index (χ0v) is 17.3. The molecule has 27 heavy (non-hydrogen) atoms. The second-order valence-electron chi connectivity index (χ2n) is 10.8. The molecule has 3 N–H and O–H groups in total. The van der Waals surface area contributed by atoms with Crippen molar-refractivity contribution in [3.05, 3.63) is 0 Å². The average molecular weight is 377 g/mol. The van der Waals surface area contributed by atoms with Gasteiger partial charge < -0.3 is 15.5 Å². The number of aliphatic hydroxyl groups is 1. The van der Waals surface area contributed by atoms with E-state index in [1.807, 2.05) is 6.92 Å². The van der Waals surface area contributed by atoms with E-state index in [1.165, 1.54) is 6.42 Å². The number of nitrogens with zero attached hydrogens (tertiary/aromatic N) is 2. The van der Waals surface area contributed by atoms with Crippen LogP contribution < -0.4 is 0 Å². The van der Waals surface area contributed by atoms with E-state index in [4.69, 9.17) is 0 Å². The lowest BCUT2D eigenvalue weighted by Crippen LogP contribution is -2.63. The molecule has 0 spiro atoms. The van der Waals surface area contributed by atoms with Crippen LogP contribution in [0.4, 0.5) is 0 Å². The molecule has 5 heteroatoms. The van der Waals surface area contributed by atoms with Crippen LogP contribution in [0.3, 0.4) is 0 Å². The SMILES string of the molecule is C/C(=N\O)[C@H]1CC[C@H]2[C@@H]3CC[C@H]4C/C(=N\O)CC[C@]4(C)[C@H]3[C@](C)(O)C[C@]12C. The summed E-state index contributed by atoms with van der Waals surface area (Å²) in [7, 11) is 0. The van der Waals surface area contributed by atoms with Crippen LogP contribution in [0.15, 0.2) is 10.3 Å². The molecule has 0 heterocycles. The van der Waals surface area contributed by atoms with Gasteiger partial charge in [-0.15, -0.1) is 0 Å². The van der Waals surface area contributed by atoms with E-state index < -0.39 is 5.60 Å². The normalized spacial score (nSPS) is 54.3. The second-order valence-corrected chi connectivity index (χ2v) is 10.8. The smallest absolute Gasteiger partial charge is 0.0661 e. The molecule has 0 radical (unpaired) electrons. The van der Waals surface area contributed by atoms with Gasteiger partial charge in [0.1, 0.15) is 0 Å². The zero-order chi connectivity index (χ0) is 19.6. The Labute approximate surface area is 162 Å². The molecule has 4 aliphatic rings. The molecule has 152 valence electrons. The van der Waals surface area contributed by atoms with Crippen molar-refractivity contribution in [1.29, 1.82) is 0 Å². The molecule has 8 atom stereocenters. The van der Waals surface area contributed by atoms with Crippen molar-refractivity contribution in [2.24, 2.45) is 50.7 Å². The largest absolute Gasteiger partial charge is 0.411 e. The summed E-state index contributed by atoms with van der Waals surface area (Å²) in [6, 6.07) is 0. The van der Waals surface area contributed by atoms with Gasteiger partial charge in [0.25, 0.3) is 0 Å². The van der Waals surface area contributed by atoms with Gasteiger partial charge in [0.2, 0.25) is 0 Å². The fraction of sp³-hybridized carbons (Fsp3) is 0.909. The second kappa shape index (κ2) is 6.20. The van der Waals surface area contributed by atoms with Crippen molar-refractivity contribution < 1.29 is 15.5 Å². The Morgan fingerprint density at radius 3 is 2.44 bits per heavy atom. The number of oxime groups is 2. The number of hydrogen-bond donors (Lipinski definition) is 3. The van der Waals surface area contributed by atoms with E-state index in [9.17, 15) is 15.5 Å². The molecule has 0 aromatic carbocycles. The first-order valence-corrected chi connectivity index (χ1v) is 10.8. The summed E-state index contributed by atoms with van der Waals surface area (Å²) in [5, 5.41) is 37.6. The Kier molecular flexibility index (Phi) is 4.41. The van der Waals surface area contributed by atoms with Gasteiger partial charge in [0.15, 0.2) is 0 Å². The molecule has 4 rings (SSSR count). The Bertz CT molecular complexity index is 672.